The lowest BCUT2D eigenvalue weighted by molar-refractivity contribution is 0.265. The zero-order chi connectivity index (χ0) is 14.4. The first-order valence-corrected chi connectivity index (χ1v) is 7.53. The standard InChI is InChI=1S/C16H20BrNO2/c1-18(2)11-3-4-15-9-10-16(20-15)12-19-14-7-5-13(17)6-8-14/h5-10H,3-4,11-12H2,1-2H3. The van der Waals surface area contributed by atoms with Gasteiger partial charge in [-0.3, -0.25) is 0 Å². The average molecular weight is 338 g/mol. The van der Waals surface area contributed by atoms with Gasteiger partial charge in [0.25, 0.3) is 0 Å². The van der Waals surface area contributed by atoms with E-state index >= 15 is 0 Å². The van der Waals surface area contributed by atoms with E-state index in [4.69, 9.17) is 9.15 Å². The number of benzene rings is 1. The summed E-state index contributed by atoms with van der Waals surface area (Å²) in [7, 11) is 4.17. The molecule has 0 saturated heterocycles. The number of hydrogen-bond acceptors (Lipinski definition) is 3. The topological polar surface area (TPSA) is 25.6 Å². The zero-order valence-electron chi connectivity index (χ0n) is 11.9. The Morgan fingerprint density at radius 3 is 2.45 bits per heavy atom. The quantitative estimate of drug-likeness (QED) is 0.760. The summed E-state index contributed by atoms with van der Waals surface area (Å²) in [6.07, 6.45) is 2.07. The molecule has 20 heavy (non-hydrogen) atoms. The Morgan fingerprint density at radius 2 is 1.75 bits per heavy atom. The number of furan rings is 1. The first-order valence-electron chi connectivity index (χ1n) is 6.74. The largest absolute Gasteiger partial charge is 0.486 e. The van der Waals surface area contributed by atoms with Gasteiger partial charge >= 0.3 is 0 Å². The number of aryl methyl sites for hydroxylation is 1. The molecule has 1 aromatic heterocycles. The van der Waals surface area contributed by atoms with Crippen LogP contribution >= 0.6 is 15.9 Å². The van der Waals surface area contributed by atoms with Crippen molar-refractivity contribution >= 4 is 15.9 Å². The van der Waals surface area contributed by atoms with E-state index in [9.17, 15) is 0 Å². The van der Waals surface area contributed by atoms with Gasteiger partial charge in [-0.1, -0.05) is 15.9 Å². The molecule has 0 N–H and O–H groups in total. The maximum Gasteiger partial charge on any atom is 0.146 e. The molecule has 0 saturated carbocycles. The molecule has 2 rings (SSSR count). The fourth-order valence-corrected chi connectivity index (χ4v) is 2.15. The number of hydrogen-bond donors (Lipinski definition) is 0. The second kappa shape index (κ2) is 7.50. The average Bonchev–Trinajstić information content (AvgIpc) is 2.86. The summed E-state index contributed by atoms with van der Waals surface area (Å²) in [6, 6.07) is 11.8. The molecule has 0 aliphatic rings. The normalized spacial score (nSPS) is 11.0. The van der Waals surface area contributed by atoms with Crippen LogP contribution in [-0.4, -0.2) is 25.5 Å². The van der Waals surface area contributed by atoms with Crippen LogP contribution in [0.25, 0.3) is 0 Å². The first-order chi connectivity index (χ1) is 9.63. The van der Waals surface area contributed by atoms with Gasteiger partial charge in [-0.15, -0.1) is 0 Å². The van der Waals surface area contributed by atoms with Gasteiger partial charge in [0.1, 0.15) is 23.9 Å². The van der Waals surface area contributed by atoms with Gasteiger partial charge < -0.3 is 14.1 Å². The van der Waals surface area contributed by atoms with Crippen LogP contribution in [0.3, 0.4) is 0 Å². The van der Waals surface area contributed by atoms with Crippen LogP contribution in [-0.2, 0) is 13.0 Å². The van der Waals surface area contributed by atoms with E-state index in [0.29, 0.717) is 6.61 Å². The fraction of sp³-hybridized carbons (Fsp3) is 0.375. The van der Waals surface area contributed by atoms with Crippen LogP contribution in [0.2, 0.25) is 0 Å². The van der Waals surface area contributed by atoms with Gasteiger partial charge in [0.2, 0.25) is 0 Å². The van der Waals surface area contributed by atoms with Crippen LogP contribution in [0.4, 0.5) is 0 Å². The highest BCUT2D eigenvalue weighted by Gasteiger charge is 2.03. The number of halogens is 1. The number of rotatable bonds is 7. The zero-order valence-corrected chi connectivity index (χ0v) is 13.5. The lowest BCUT2D eigenvalue weighted by atomic mass is 10.2. The molecule has 0 fully saturated rings. The van der Waals surface area contributed by atoms with Crippen molar-refractivity contribution in [2.24, 2.45) is 0 Å². The molecule has 1 aromatic carbocycles. The van der Waals surface area contributed by atoms with E-state index in [1.807, 2.05) is 36.4 Å². The van der Waals surface area contributed by atoms with E-state index in [1.54, 1.807) is 0 Å². The Bertz CT molecular complexity index is 520. The summed E-state index contributed by atoms with van der Waals surface area (Å²) >= 11 is 3.40. The van der Waals surface area contributed by atoms with E-state index in [-0.39, 0.29) is 0 Å². The van der Waals surface area contributed by atoms with Gasteiger partial charge in [0, 0.05) is 10.9 Å². The maximum absolute atomic E-state index is 5.76. The van der Waals surface area contributed by atoms with Gasteiger partial charge in [-0.05, 0) is 63.5 Å². The van der Waals surface area contributed by atoms with Crippen LogP contribution in [0.15, 0.2) is 45.3 Å². The molecule has 1 heterocycles. The molecule has 0 amide bonds. The second-order valence-corrected chi connectivity index (χ2v) is 5.93. The van der Waals surface area contributed by atoms with Crippen LogP contribution in [0, 0.1) is 0 Å². The highest BCUT2D eigenvalue weighted by molar-refractivity contribution is 9.10. The summed E-state index contributed by atoms with van der Waals surface area (Å²) < 4.78 is 12.5. The predicted octanol–water partition coefficient (Wildman–Crippen LogP) is 4.12. The number of ether oxygens (including phenoxy) is 1. The molecule has 2 aromatic rings. The third kappa shape index (κ3) is 5.02. The van der Waals surface area contributed by atoms with Gasteiger partial charge in [-0.25, -0.2) is 0 Å². The minimum absolute atomic E-state index is 0.468. The third-order valence-electron chi connectivity index (χ3n) is 2.94. The second-order valence-electron chi connectivity index (χ2n) is 5.02. The Hall–Kier alpha value is -1.26. The molecule has 0 aliphatic heterocycles. The molecule has 0 unspecified atom stereocenters. The van der Waals surface area contributed by atoms with E-state index in [2.05, 4.69) is 34.9 Å². The van der Waals surface area contributed by atoms with Crippen molar-refractivity contribution in [2.45, 2.75) is 19.4 Å². The Labute approximate surface area is 128 Å². The van der Waals surface area contributed by atoms with E-state index in [0.717, 1.165) is 41.1 Å². The van der Waals surface area contributed by atoms with Crippen LogP contribution in [0.1, 0.15) is 17.9 Å². The maximum atomic E-state index is 5.76. The first kappa shape index (κ1) is 15.1. The lowest BCUT2D eigenvalue weighted by Crippen LogP contribution is -2.13. The molecule has 3 nitrogen and oxygen atoms in total. The van der Waals surface area contributed by atoms with Crippen molar-refractivity contribution in [1.82, 2.24) is 4.90 Å². The van der Waals surface area contributed by atoms with Crippen LogP contribution in [0.5, 0.6) is 5.75 Å². The van der Waals surface area contributed by atoms with Crippen molar-refractivity contribution < 1.29 is 9.15 Å². The number of nitrogens with zero attached hydrogens (tertiary/aromatic N) is 1. The molecule has 0 atom stereocenters. The highest BCUT2D eigenvalue weighted by atomic mass is 79.9. The minimum Gasteiger partial charge on any atom is -0.486 e. The fourth-order valence-electron chi connectivity index (χ4n) is 1.89. The molecule has 0 radical (unpaired) electrons. The van der Waals surface area contributed by atoms with Crippen molar-refractivity contribution in [2.75, 3.05) is 20.6 Å². The SMILES string of the molecule is CN(C)CCCc1ccc(COc2ccc(Br)cc2)o1. The summed E-state index contributed by atoms with van der Waals surface area (Å²) in [5.74, 6) is 2.74. The van der Waals surface area contributed by atoms with Crippen molar-refractivity contribution in [3.05, 3.63) is 52.4 Å². The van der Waals surface area contributed by atoms with Crippen molar-refractivity contribution in [1.29, 1.82) is 0 Å². The Kier molecular flexibility index (Phi) is 5.68. The molecule has 0 bridgehead atoms. The third-order valence-corrected chi connectivity index (χ3v) is 3.47. The Morgan fingerprint density at radius 1 is 1.05 bits per heavy atom. The smallest absolute Gasteiger partial charge is 0.146 e. The van der Waals surface area contributed by atoms with Crippen LogP contribution < -0.4 is 4.74 Å². The van der Waals surface area contributed by atoms with E-state index in [1.165, 1.54) is 0 Å². The molecule has 0 spiro atoms. The summed E-state index contributed by atoms with van der Waals surface area (Å²) in [5, 5.41) is 0. The lowest BCUT2D eigenvalue weighted by Gasteiger charge is -2.07. The monoisotopic (exact) mass is 337 g/mol. The van der Waals surface area contributed by atoms with Gasteiger partial charge in [0.15, 0.2) is 0 Å². The van der Waals surface area contributed by atoms with Crippen molar-refractivity contribution in [3.63, 3.8) is 0 Å². The Balaban J connectivity index is 1.79. The molecular weight excluding hydrogens is 318 g/mol. The molecule has 4 heteroatoms. The summed E-state index contributed by atoms with van der Waals surface area (Å²) in [6.45, 7) is 1.54. The minimum atomic E-state index is 0.468. The summed E-state index contributed by atoms with van der Waals surface area (Å²) in [5.41, 5.74) is 0. The highest BCUT2D eigenvalue weighted by Crippen LogP contribution is 2.18. The van der Waals surface area contributed by atoms with E-state index < -0.39 is 0 Å². The predicted molar refractivity (Wildman–Crippen MR) is 84.1 cm³/mol. The van der Waals surface area contributed by atoms with Gasteiger partial charge in [-0.2, -0.15) is 0 Å². The summed E-state index contributed by atoms with van der Waals surface area (Å²) in [4.78, 5) is 2.18. The molecular formula is C16H20BrNO2. The molecule has 0 aliphatic carbocycles. The molecule has 108 valence electrons. The van der Waals surface area contributed by atoms with Gasteiger partial charge in [0.05, 0.1) is 0 Å². The van der Waals surface area contributed by atoms with Crippen molar-refractivity contribution in [3.8, 4) is 5.75 Å².